The molecule has 0 saturated heterocycles. The van der Waals surface area contributed by atoms with Gasteiger partial charge in [-0.3, -0.25) is 4.79 Å². The molecule has 0 heterocycles. The number of nitrogens with one attached hydrogen (secondary N) is 1. The van der Waals surface area contributed by atoms with Crippen molar-refractivity contribution in [2.45, 2.75) is 84.5 Å². The molecule has 0 aliphatic heterocycles. The Labute approximate surface area is 188 Å². The average molecular weight is 428 g/mol. The molecule has 164 valence electrons. The van der Waals surface area contributed by atoms with Gasteiger partial charge in [0.1, 0.15) is 0 Å². The lowest BCUT2D eigenvalue weighted by molar-refractivity contribution is 0.0953. The predicted molar refractivity (Wildman–Crippen MR) is 130 cm³/mol. The first-order valence-corrected chi connectivity index (χ1v) is 12.1. The monoisotopic (exact) mass is 427 g/mol. The van der Waals surface area contributed by atoms with Crippen molar-refractivity contribution in [1.82, 2.24) is 5.32 Å². The summed E-state index contributed by atoms with van der Waals surface area (Å²) in [7, 11) is 0. The van der Waals surface area contributed by atoms with Crippen molar-refractivity contribution in [1.29, 1.82) is 0 Å². The summed E-state index contributed by atoms with van der Waals surface area (Å²) in [6, 6.07) is 13.9. The molecule has 0 aromatic heterocycles. The fraction of sp³-hybridized carbons (Fsp3) is 0.519. The number of amides is 1. The van der Waals surface area contributed by atoms with Gasteiger partial charge in [-0.2, -0.15) is 0 Å². The van der Waals surface area contributed by atoms with Gasteiger partial charge in [-0.05, 0) is 54.7 Å². The largest absolute Gasteiger partial charge is 0.352 e. The topological polar surface area (TPSA) is 29.1 Å². The molecule has 2 aromatic rings. The van der Waals surface area contributed by atoms with Gasteiger partial charge in [-0.1, -0.05) is 101 Å². The number of rotatable bonds is 14. The van der Waals surface area contributed by atoms with E-state index in [4.69, 9.17) is 11.6 Å². The second-order valence-electron chi connectivity index (χ2n) is 8.34. The van der Waals surface area contributed by atoms with Crippen molar-refractivity contribution in [3.8, 4) is 0 Å². The van der Waals surface area contributed by atoms with Gasteiger partial charge in [0.25, 0.3) is 5.91 Å². The van der Waals surface area contributed by atoms with E-state index in [1.54, 1.807) is 0 Å². The summed E-state index contributed by atoms with van der Waals surface area (Å²) in [4.78, 5) is 12.3. The zero-order valence-corrected chi connectivity index (χ0v) is 19.6. The second kappa shape index (κ2) is 14.2. The molecule has 2 aromatic carbocycles. The van der Waals surface area contributed by atoms with Gasteiger partial charge in [0.05, 0.1) is 0 Å². The van der Waals surface area contributed by atoms with Crippen LogP contribution in [-0.2, 0) is 6.42 Å². The quantitative estimate of drug-likeness (QED) is 0.305. The van der Waals surface area contributed by atoms with E-state index >= 15 is 0 Å². The van der Waals surface area contributed by atoms with Crippen molar-refractivity contribution in [3.05, 3.63) is 69.7 Å². The van der Waals surface area contributed by atoms with Crippen molar-refractivity contribution < 1.29 is 4.79 Å². The van der Waals surface area contributed by atoms with Crippen molar-refractivity contribution in [3.63, 3.8) is 0 Å². The van der Waals surface area contributed by atoms with Crippen LogP contribution in [0.1, 0.15) is 98.2 Å². The number of benzene rings is 2. The smallest absolute Gasteiger partial charge is 0.251 e. The Morgan fingerprint density at radius 1 is 0.833 bits per heavy atom. The van der Waals surface area contributed by atoms with Gasteiger partial charge in [0.15, 0.2) is 0 Å². The fourth-order valence-electron chi connectivity index (χ4n) is 3.75. The summed E-state index contributed by atoms with van der Waals surface area (Å²) in [5.74, 6) is 0.0245. The highest BCUT2D eigenvalue weighted by molar-refractivity contribution is 6.31. The number of halogens is 1. The molecule has 1 N–H and O–H groups in total. The number of hydrogen-bond donors (Lipinski definition) is 1. The van der Waals surface area contributed by atoms with E-state index < -0.39 is 0 Å². The second-order valence-corrected chi connectivity index (χ2v) is 8.74. The van der Waals surface area contributed by atoms with Crippen LogP contribution in [0.3, 0.4) is 0 Å². The van der Waals surface area contributed by atoms with Crippen molar-refractivity contribution in [2.24, 2.45) is 0 Å². The third kappa shape index (κ3) is 8.92. The van der Waals surface area contributed by atoms with Crippen LogP contribution in [-0.4, -0.2) is 12.5 Å². The summed E-state index contributed by atoms with van der Waals surface area (Å²) in [5, 5.41) is 3.85. The summed E-state index contributed by atoms with van der Waals surface area (Å²) < 4.78 is 0. The Morgan fingerprint density at radius 2 is 1.43 bits per heavy atom. The summed E-state index contributed by atoms with van der Waals surface area (Å²) >= 11 is 6.21. The molecule has 0 saturated carbocycles. The lowest BCUT2D eigenvalue weighted by Crippen LogP contribution is -2.24. The summed E-state index contributed by atoms with van der Waals surface area (Å²) in [6.45, 7) is 5.07. The van der Waals surface area contributed by atoms with Gasteiger partial charge in [-0.15, -0.1) is 0 Å². The van der Waals surface area contributed by atoms with Gasteiger partial charge in [-0.25, -0.2) is 0 Å². The predicted octanol–water partition coefficient (Wildman–Crippen LogP) is 7.89. The van der Waals surface area contributed by atoms with Crippen LogP contribution in [0.4, 0.5) is 0 Å². The maximum atomic E-state index is 12.3. The Bertz CT molecular complexity index is 754. The van der Waals surface area contributed by atoms with Gasteiger partial charge < -0.3 is 5.32 Å². The fourth-order valence-corrected chi connectivity index (χ4v) is 3.95. The van der Waals surface area contributed by atoms with E-state index in [2.05, 4.69) is 18.3 Å². The molecule has 0 spiro atoms. The van der Waals surface area contributed by atoms with Crippen LogP contribution in [0.25, 0.3) is 0 Å². The molecule has 0 bridgehead atoms. The van der Waals surface area contributed by atoms with E-state index in [1.807, 2.05) is 43.3 Å². The van der Waals surface area contributed by atoms with E-state index in [1.165, 1.54) is 68.9 Å². The van der Waals surface area contributed by atoms with Crippen LogP contribution < -0.4 is 5.32 Å². The first-order valence-electron chi connectivity index (χ1n) is 11.7. The standard InChI is InChI=1S/C27H38ClNO/c1-3-4-5-6-7-8-9-10-11-12-20-29-27(30)24-18-16-23(17-19-24)21-25-14-13-15-26(28)22(25)2/h13-19H,3-12,20-21H2,1-2H3,(H,29,30). The van der Waals surface area contributed by atoms with Crippen molar-refractivity contribution >= 4 is 17.5 Å². The molecular weight excluding hydrogens is 390 g/mol. The minimum atomic E-state index is 0.0245. The van der Waals surface area contributed by atoms with E-state index in [9.17, 15) is 4.79 Å². The van der Waals surface area contributed by atoms with E-state index in [0.717, 1.165) is 35.5 Å². The molecular formula is C27H38ClNO. The highest BCUT2D eigenvalue weighted by Gasteiger charge is 2.07. The number of hydrogen-bond acceptors (Lipinski definition) is 1. The highest BCUT2D eigenvalue weighted by Crippen LogP contribution is 2.21. The van der Waals surface area contributed by atoms with Gasteiger partial charge in [0.2, 0.25) is 0 Å². The van der Waals surface area contributed by atoms with Crippen LogP contribution in [0, 0.1) is 6.92 Å². The molecule has 3 heteroatoms. The number of carbonyl (C=O) groups excluding carboxylic acids is 1. The molecule has 30 heavy (non-hydrogen) atoms. The summed E-state index contributed by atoms with van der Waals surface area (Å²) in [5.41, 5.74) is 4.26. The van der Waals surface area contributed by atoms with Gasteiger partial charge in [0, 0.05) is 17.1 Å². The van der Waals surface area contributed by atoms with Crippen LogP contribution in [0.2, 0.25) is 5.02 Å². The summed E-state index contributed by atoms with van der Waals surface area (Å²) in [6.07, 6.45) is 13.9. The third-order valence-corrected chi connectivity index (χ3v) is 6.22. The Kier molecular flexibility index (Phi) is 11.6. The highest BCUT2D eigenvalue weighted by atomic mass is 35.5. The molecule has 0 unspecified atom stereocenters. The van der Waals surface area contributed by atoms with Crippen LogP contribution in [0.15, 0.2) is 42.5 Å². The van der Waals surface area contributed by atoms with Crippen LogP contribution in [0.5, 0.6) is 0 Å². The Hall–Kier alpha value is -1.80. The minimum absolute atomic E-state index is 0.0245. The first-order chi connectivity index (χ1) is 14.6. The molecule has 0 atom stereocenters. The zero-order valence-electron chi connectivity index (χ0n) is 18.8. The van der Waals surface area contributed by atoms with E-state index in [-0.39, 0.29) is 5.91 Å². The molecule has 0 aliphatic carbocycles. The van der Waals surface area contributed by atoms with Gasteiger partial charge >= 0.3 is 0 Å². The number of unbranched alkanes of at least 4 members (excludes halogenated alkanes) is 9. The Balaban J connectivity index is 1.61. The molecule has 0 aliphatic rings. The molecule has 2 nitrogen and oxygen atoms in total. The van der Waals surface area contributed by atoms with Crippen molar-refractivity contribution in [2.75, 3.05) is 6.54 Å². The normalized spacial score (nSPS) is 10.9. The molecule has 0 fully saturated rings. The lowest BCUT2D eigenvalue weighted by atomic mass is 9.99. The van der Waals surface area contributed by atoms with Crippen LogP contribution >= 0.6 is 11.6 Å². The molecule has 2 rings (SSSR count). The SMILES string of the molecule is CCCCCCCCCCCCNC(=O)c1ccc(Cc2cccc(Cl)c2C)cc1. The Morgan fingerprint density at radius 3 is 2.07 bits per heavy atom. The average Bonchev–Trinajstić information content (AvgIpc) is 2.75. The first kappa shape index (κ1) is 24.5. The molecule has 0 radical (unpaired) electrons. The maximum Gasteiger partial charge on any atom is 0.251 e. The maximum absolute atomic E-state index is 12.3. The third-order valence-electron chi connectivity index (χ3n) is 5.81. The zero-order chi connectivity index (χ0) is 21.6. The van der Waals surface area contributed by atoms with E-state index in [0.29, 0.717) is 0 Å². The lowest BCUT2D eigenvalue weighted by Gasteiger charge is -2.09. The molecule has 1 amide bonds. The number of carbonyl (C=O) groups is 1. The minimum Gasteiger partial charge on any atom is -0.352 e.